The maximum Gasteiger partial charge on any atom is 0.107 e. The van der Waals surface area contributed by atoms with Gasteiger partial charge in [0, 0.05) is 39.6 Å². The van der Waals surface area contributed by atoms with Crippen molar-refractivity contribution in [3.8, 4) is 23.3 Å². The molecule has 0 aliphatic heterocycles. The van der Waals surface area contributed by atoms with E-state index in [-0.39, 0.29) is 11.1 Å². The molecule has 2 unspecified atom stereocenters. The Morgan fingerprint density at radius 1 is 0.548 bits per heavy atom. The summed E-state index contributed by atoms with van der Waals surface area (Å²) in [5, 5.41) is 38.6. The highest BCUT2D eigenvalue weighted by Gasteiger charge is 2.64. The monoisotopic (exact) mass is 546 g/mol. The molecule has 2 atom stereocenters. The minimum atomic E-state index is -1.45. The van der Waals surface area contributed by atoms with Crippen LogP contribution in [0.3, 0.4) is 0 Å². The molecule has 0 saturated carbocycles. The van der Waals surface area contributed by atoms with Crippen molar-refractivity contribution in [2.45, 2.75) is 10.8 Å². The zero-order valence-electron chi connectivity index (χ0n) is 24.0. The molecule has 6 heteroatoms. The predicted octanol–water partition coefficient (Wildman–Crippen LogP) is 6.47. The van der Waals surface area contributed by atoms with Crippen molar-refractivity contribution in [3.63, 3.8) is 0 Å². The van der Waals surface area contributed by atoms with E-state index in [0.717, 1.165) is 33.6 Å². The number of rotatable bonds is 6. The van der Waals surface area contributed by atoms with E-state index in [9.17, 15) is 10.5 Å². The van der Waals surface area contributed by atoms with Gasteiger partial charge < -0.3 is 9.80 Å². The van der Waals surface area contributed by atoms with Gasteiger partial charge in [0.1, 0.15) is 23.3 Å². The molecule has 0 saturated heterocycles. The number of nitrogens with one attached hydrogen (secondary N) is 2. The Morgan fingerprint density at radius 3 is 1.17 bits per heavy atom. The molecule has 0 radical (unpaired) electrons. The largest absolute Gasteiger partial charge is 0.378 e. The number of nitriles is 2. The quantitative estimate of drug-likeness (QED) is 0.214. The Hall–Kier alpha value is -5.64. The van der Waals surface area contributed by atoms with Gasteiger partial charge in [-0.3, -0.25) is 10.8 Å². The lowest BCUT2D eigenvalue weighted by Crippen LogP contribution is -2.55. The molecule has 4 aromatic rings. The first-order chi connectivity index (χ1) is 20.3. The van der Waals surface area contributed by atoms with Gasteiger partial charge in [-0.15, -0.1) is 0 Å². The second-order valence-electron chi connectivity index (χ2n) is 10.7. The van der Waals surface area contributed by atoms with Crippen LogP contribution in [0.15, 0.2) is 108 Å². The number of fused-ring (bicyclic) bond motifs is 3. The second-order valence-corrected chi connectivity index (χ2v) is 10.7. The van der Waals surface area contributed by atoms with Gasteiger partial charge in [-0.1, -0.05) is 72.8 Å². The normalized spacial score (nSPS) is 18.1. The van der Waals surface area contributed by atoms with Crippen LogP contribution in [0.2, 0.25) is 0 Å². The van der Waals surface area contributed by atoms with Gasteiger partial charge in [-0.2, -0.15) is 10.5 Å². The van der Waals surface area contributed by atoms with Crippen molar-refractivity contribution < 1.29 is 0 Å². The molecule has 42 heavy (non-hydrogen) atoms. The standard InChI is InChI=1S/C36H30N6/c1-41(2)29-17-13-25(14-18-29)35(27(21-37)22-38)33-11-7-5-9-31(33)32-10-6-8-12-34(32)36(35,28(23-39)24-40)26-15-19-30(20-16-26)42(3)4/h5-20,37,39H,1-4H3. The highest BCUT2D eigenvalue weighted by Crippen LogP contribution is 2.65. The SMILES string of the molecule is CN(C)c1ccc(C2(C(=C=N)C#N)c3ccccc3-c3ccccc3C2(C(=C=N)C#N)c2ccc(N(C)C)cc2)cc1. The topological polar surface area (TPSA) is 102 Å². The number of allylic oxidation sites excluding steroid dienone is 2. The lowest BCUT2D eigenvalue weighted by molar-refractivity contribution is 0.422. The van der Waals surface area contributed by atoms with Crippen LogP contribution in [0, 0.1) is 33.5 Å². The Morgan fingerprint density at radius 2 is 0.881 bits per heavy atom. The molecular weight excluding hydrogens is 516 g/mol. The summed E-state index contributed by atoms with van der Waals surface area (Å²) in [6.07, 6.45) is 0. The summed E-state index contributed by atoms with van der Waals surface area (Å²) in [4.78, 5) is 3.98. The van der Waals surface area contributed by atoms with Crippen LogP contribution in [0.25, 0.3) is 11.1 Å². The fraction of sp³-hybridized carbons (Fsp3) is 0.167. The van der Waals surface area contributed by atoms with E-state index in [2.05, 4.69) is 23.9 Å². The predicted molar refractivity (Wildman–Crippen MR) is 169 cm³/mol. The first-order valence-corrected chi connectivity index (χ1v) is 13.5. The van der Waals surface area contributed by atoms with E-state index < -0.39 is 10.8 Å². The van der Waals surface area contributed by atoms with Crippen LogP contribution < -0.4 is 9.80 Å². The maximum atomic E-state index is 10.8. The molecule has 1 aliphatic rings. The van der Waals surface area contributed by atoms with Gasteiger partial charge in [-0.25, -0.2) is 0 Å². The third-order valence-corrected chi connectivity index (χ3v) is 8.37. The number of hydrogen-bond acceptors (Lipinski definition) is 6. The molecule has 4 aromatic carbocycles. The van der Waals surface area contributed by atoms with Crippen LogP contribution in [-0.2, 0) is 10.8 Å². The Kier molecular flexibility index (Phi) is 7.13. The Balaban J connectivity index is 2.14. The minimum absolute atomic E-state index is 0.0294. The highest BCUT2D eigenvalue weighted by atomic mass is 15.1. The summed E-state index contributed by atoms with van der Waals surface area (Å²) in [5.41, 5.74) is 3.75. The summed E-state index contributed by atoms with van der Waals surface area (Å²) < 4.78 is 0. The van der Waals surface area contributed by atoms with Crippen LogP contribution in [0.1, 0.15) is 22.3 Å². The average molecular weight is 547 g/mol. The molecule has 6 nitrogen and oxygen atoms in total. The van der Waals surface area contributed by atoms with E-state index in [4.69, 9.17) is 10.8 Å². The number of nitrogens with zero attached hydrogens (tertiary/aromatic N) is 4. The lowest BCUT2D eigenvalue weighted by atomic mass is 9.43. The fourth-order valence-electron chi connectivity index (χ4n) is 6.60. The van der Waals surface area contributed by atoms with Crippen LogP contribution in [-0.4, -0.2) is 39.9 Å². The molecule has 0 spiro atoms. The number of benzene rings is 4. The molecule has 1 aliphatic carbocycles. The van der Waals surface area contributed by atoms with E-state index in [0.29, 0.717) is 11.1 Å². The smallest absolute Gasteiger partial charge is 0.107 e. The van der Waals surface area contributed by atoms with Crippen molar-refractivity contribution in [3.05, 3.63) is 130 Å². The van der Waals surface area contributed by atoms with E-state index in [1.54, 1.807) is 0 Å². The Bertz CT molecular complexity index is 1720. The van der Waals surface area contributed by atoms with Gasteiger partial charge in [-0.05, 0) is 69.4 Å². The van der Waals surface area contributed by atoms with Crippen molar-refractivity contribution >= 4 is 23.1 Å². The van der Waals surface area contributed by atoms with Crippen LogP contribution in [0.4, 0.5) is 11.4 Å². The van der Waals surface area contributed by atoms with Crippen molar-refractivity contribution in [2.24, 2.45) is 0 Å². The average Bonchev–Trinajstić information content (AvgIpc) is 3.03. The molecule has 0 amide bonds. The lowest BCUT2D eigenvalue weighted by Gasteiger charge is -2.54. The van der Waals surface area contributed by atoms with Gasteiger partial charge in [0.2, 0.25) is 0 Å². The summed E-state index contributed by atoms with van der Waals surface area (Å²) in [7, 11) is 7.82. The van der Waals surface area contributed by atoms with Crippen molar-refractivity contribution in [1.82, 2.24) is 0 Å². The summed E-state index contributed by atoms with van der Waals surface area (Å²) >= 11 is 0. The number of anilines is 2. The third-order valence-electron chi connectivity index (χ3n) is 8.37. The minimum Gasteiger partial charge on any atom is -0.378 e. The molecule has 5 rings (SSSR count). The molecule has 0 aromatic heterocycles. The highest BCUT2D eigenvalue weighted by molar-refractivity contribution is 5.91. The second kappa shape index (κ2) is 10.7. The molecule has 0 bridgehead atoms. The zero-order valence-corrected chi connectivity index (χ0v) is 24.0. The molecule has 0 fully saturated rings. The van der Waals surface area contributed by atoms with Gasteiger partial charge in [0.05, 0.1) is 10.8 Å². The maximum absolute atomic E-state index is 10.8. The fourth-order valence-corrected chi connectivity index (χ4v) is 6.60. The van der Waals surface area contributed by atoms with Gasteiger partial charge in [0.25, 0.3) is 0 Å². The van der Waals surface area contributed by atoms with Gasteiger partial charge in [0.15, 0.2) is 0 Å². The van der Waals surface area contributed by atoms with E-state index >= 15 is 0 Å². The number of hydrogen-bond donors (Lipinski definition) is 2. The molecule has 204 valence electrons. The molecular formula is C36H30N6. The first kappa shape index (κ1) is 27.9. The van der Waals surface area contributed by atoms with Crippen LogP contribution >= 0.6 is 0 Å². The van der Waals surface area contributed by atoms with E-state index in [1.165, 1.54) is 0 Å². The summed E-state index contributed by atoms with van der Waals surface area (Å²) in [6, 6.07) is 36.0. The third kappa shape index (κ3) is 3.72. The van der Waals surface area contributed by atoms with Crippen molar-refractivity contribution in [2.75, 3.05) is 38.0 Å². The first-order valence-electron chi connectivity index (χ1n) is 13.5. The van der Waals surface area contributed by atoms with E-state index in [1.807, 2.05) is 135 Å². The molecule has 0 heterocycles. The van der Waals surface area contributed by atoms with Crippen LogP contribution in [0.5, 0.6) is 0 Å². The Labute approximate surface area is 246 Å². The van der Waals surface area contributed by atoms with Gasteiger partial charge >= 0.3 is 0 Å². The molecule has 2 N–H and O–H groups in total. The summed E-state index contributed by atoms with van der Waals surface area (Å²) in [5.74, 6) is 5.00. The summed E-state index contributed by atoms with van der Waals surface area (Å²) in [6.45, 7) is 0. The zero-order chi connectivity index (χ0) is 30.1. The van der Waals surface area contributed by atoms with Crippen molar-refractivity contribution in [1.29, 1.82) is 21.3 Å².